The molecule has 2 aliphatic heterocycles. The van der Waals surface area contributed by atoms with Crippen LogP contribution >= 0.6 is 0 Å². The summed E-state index contributed by atoms with van der Waals surface area (Å²) in [5.41, 5.74) is 4.01. The third kappa shape index (κ3) is 5.96. The molecule has 0 bridgehead atoms. The van der Waals surface area contributed by atoms with Crippen molar-refractivity contribution in [2.24, 2.45) is 0 Å². The highest BCUT2D eigenvalue weighted by atomic mass is 16.5. The maximum atomic E-state index is 13.3. The van der Waals surface area contributed by atoms with Crippen LogP contribution in [-0.4, -0.2) is 84.6 Å². The van der Waals surface area contributed by atoms with Crippen molar-refractivity contribution >= 4 is 18.0 Å². The Kier molecular flexibility index (Phi) is 8.43. The molecular formula is C26H39N5O4. The van der Waals surface area contributed by atoms with E-state index in [0.717, 1.165) is 16.7 Å². The molecule has 3 rings (SSSR count). The third-order valence-electron chi connectivity index (χ3n) is 6.58. The Balaban J connectivity index is 1.94. The maximum Gasteiger partial charge on any atom is 0.338 e. The third-order valence-corrected chi connectivity index (χ3v) is 6.58. The Bertz CT molecular complexity index is 1010. The molecule has 35 heavy (non-hydrogen) atoms. The topological polar surface area (TPSA) is 94.2 Å². The standard InChI is InChI=1S/C26H39N5O4/c1-8-35-24(32)22-21(15-30-11-12-31(19(6)14-30)26(34)27-16(2)3)29(7)25(33)28-23(22)20-13-17(4)9-10-18(20)5/h9-10,13,16,19,23H,8,11-12,14-15H2,1-7H3,(H,27,34)(H,28,33)/t19-,23-/m0/s1. The van der Waals surface area contributed by atoms with E-state index in [4.69, 9.17) is 4.74 Å². The first-order valence-corrected chi connectivity index (χ1v) is 12.3. The number of nitrogens with one attached hydrogen (secondary N) is 2. The number of urea groups is 2. The largest absolute Gasteiger partial charge is 0.463 e. The van der Waals surface area contributed by atoms with Gasteiger partial charge >= 0.3 is 18.0 Å². The van der Waals surface area contributed by atoms with Gasteiger partial charge in [-0.15, -0.1) is 0 Å². The molecule has 2 atom stereocenters. The van der Waals surface area contributed by atoms with Crippen LogP contribution in [0.25, 0.3) is 0 Å². The highest BCUT2D eigenvalue weighted by Crippen LogP contribution is 2.33. The summed E-state index contributed by atoms with van der Waals surface area (Å²) in [7, 11) is 1.68. The van der Waals surface area contributed by atoms with Gasteiger partial charge in [-0.1, -0.05) is 23.8 Å². The molecule has 1 aromatic carbocycles. The quantitative estimate of drug-likeness (QED) is 0.605. The van der Waals surface area contributed by atoms with Crippen molar-refractivity contribution in [3.05, 3.63) is 46.2 Å². The molecule has 1 fully saturated rings. The Morgan fingerprint density at radius 1 is 1.23 bits per heavy atom. The highest BCUT2D eigenvalue weighted by molar-refractivity contribution is 5.95. The number of piperazine rings is 1. The van der Waals surface area contributed by atoms with Gasteiger partial charge in [-0.25, -0.2) is 14.4 Å². The summed E-state index contributed by atoms with van der Waals surface area (Å²) in [6, 6.07) is 5.17. The molecule has 1 saturated heterocycles. The van der Waals surface area contributed by atoms with Crippen molar-refractivity contribution in [2.45, 2.75) is 59.7 Å². The minimum atomic E-state index is -0.594. The highest BCUT2D eigenvalue weighted by Gasteiger charge is 2.39. The number of aryl methyl sites for hydroxylation is 2. The van der Waals surface area contributed by atoms with E-state index < -0.39 is 12.0 Å². The number of ether oxygens (including phenoxy) is 1. The first kappa shape index (κ1) is 26.5. The smallest absolute Gasteiger partial charge is 0.338 e. The molecule has 2 N–H and O–H groups in total. The van der Waals surface area contributed by atoms with Crippen LogP contribution in [0.4, 0.5) is 9.59 Å². The molecule has 0 aromatic heterocycles. The number of hydrogen-bond donors (Lipinski definition) is 2. The molecule has 1 aromatic rings. The monoisotopic (exact) mass is 485 g/mol. The second kappa shape index (κ2) is 11.1. The van der Waals surface area contributed by atoms with Crippen molar-refractivity contribution in [3.8, 4) is 0 Å². The fourth-order valence-electron chi connectivity index (χ4n) is 4.72. The van der Waals surface area contributed by atoms with Gasteiger partial charge in [0, 0.05) is 51.0 Å². The van der Waals surface area contributed by atoms with Crippen LogP contribution in [0.1, 0.15) is 50.4 Å². The van der Waals surface area contributed by atoms with Gasteiger partial charge in [0.05, 0.1) is 18.2 Å². The van der Waals surface area contributed by atoms with Gasteiger partial charge in [0.1, 0.15) is 0 Å². The lowest BCUT2D eigenvalue weighted by Crippen LogP contribution is -2.58. The van der Waals surface area contributed by atoms with Crippen molar-refractivity contribution in [1.29, 1.82) is 0 Å². The number of likely N-dealkylation sites (N-methyl/N-ethyl adjacent to an activating group) is 1. The average molecular weight is 486 g/mol. The predicted molar refractivity (Wildman–Crippen MR) is 135 cm³/mol. The van der Waals surface area contributed by atoms with Crippen LogP contribution in [0.5, 0.6) is 0 Å². The second-order valence-corrected chi connectivity index (χ2v) is 9.76. The number of amides is 4. The van der Waals surface area contributed by atoms with E-state index in [-0.39, 0.29) is 30.8 Å². The zero-order chi connectivity index (χ0) is 25.9. The van der Waals surface area contributed by atoms with Gasteiger partial charge in [0.15, 0.2) is 0 Å². The van der Waals surface area contributed by atoms with E-state index in [1.54, 1.807) is 14.0 Å². The van der Waals surface area contributed by atoms with E-state index in [0.29, 0.717) is 37.4 Å². The van der Waals surface area contributed by atoms with Crippen LogP contribution in [0.2, 0.25) is 0 Å². The minimum Gasteiger partial charge on any atom is -0.463 e. The Morgan fingerprint density at radius 3 is 2.57 bits per heavy atom. The van der Waals surface area contributed by atoms with E-state index in [9.17, 15) is 14.4 Å². The van der Waals surface area contributed by atoms with Crippen molar-refractivity contribution in [2.75, 3.05) is 39.8 Å². The Labute approximate surface area is 208 Å². The van der Waals surface area contributed by atoms with Crippen molar-refractivity contribution < 1.29 is 19.1 Å². The molecule has 0 spiro atoms. The molecule has 2 heterocycles. The second-order valence-electron chi connectivity index (χ2n) is 9.76. The van der Waals surface area contributed by atoms with Crippen LogP contribution < -0.4 is 10.6 Å². The number of nitrogens with zero attached hydrogens (tertiary/aromatic N) is 3. The molecule has 0 unspecified atom stereocenters. The predicted octanol–water partition coefficient (Wildman–Crippen LogP) is 2.94. The lowest BCUT2D eigenvalue weighted by Gasteiger charge is -2.42. The first-order chi connectivity index (χ1) is 16.5. The zero-order valence-electron chi connectivity index (χ0n) is 22.0. The summed E-state index contributed by atoms with van der Waals surface area (Å²) in [6.45, 7) is 14.1. The zero-order valence-corrected chi connectivity index (χ0v) is 22.0. The van der Waals surface area contributed by atoms with Crippen molar-refractivity contribution in [3.63, 3.8) is 0 Å². The molecule has 9 heteroatoms. The SMILES string of the molecule is CCOC(=O)C1=C(CN2CCN(C(=O)NC(C)C)[C@@H](C)C2)N(C)C(=O)N[C@H]1c1cc(C)ccc1C. The Morgan fingerprint density at radius 2 is 1.94 bits per heavy atom. The molecule has 9 nitrogen and oxygen atoms in total. The minimum absolute atomic E-state index is 0.00770. The molecular weight excluding hydrogens is 446 g/mol. The van der Waals surface area contributed by atoms with E-state index in [1.165, 1.54) is 4.90 Å². The summed E-state index contributed by atoms with van der Waals surface area (Å²) < 4.78 is 5.46. The molecule has 2 aliphatic rings. The molecule has 0 aliphatic carbocycles. The summed E-state index contributed by atoms with van der Waals surface area (Å²) >= 11 is 0. The number of benzene rings is 1. The number of carbonyl (C=O) groups is 3. The summed E-state index contributed by atoms with van der Waals surface area (Å²) in [6.07, 6.45) is 0. The van der Waals surface area contributed by atoms with E-state index in [1.807, 2.05) is 57.7 Å². The summed E-state index contributed by atoms with van der Waals surface area (Å²) in [5.74, 6) is -0.428. The van der Waals surface area contributed by atoms with Crippen LogP contribution in [0, 0.1) is 13.8 Å². The summed E-state index contributed by atoms with van der Waals surface area (Å²) in [4.78, 5) is 44.3. The van der Waals surface area contributed by atoms with Gasteiger partial charge in [0.25, 0.3) is 0 Å². The van der Waals surface area contributed by atoms with Crippen LogP contribution in [0.3, 0.4) is 0 Å². The van der Waals surface area contributed by atoms with Gasteiger partial charge < -0.3 is 20.3 Å². The number of esters is 1. The van der Waals surface area contributed by atoms with Crippen molar-refractivity contribution in [1.82, 2.24) is 25.3 Å². The molecule has 0 radical (unpaired) electrons. The van der Waals surface area contributed by atoms with Crippen LogP contribution in [0.15, 0.2) is 29.5 Å². The lowest BCUT2D eigenvalue weighted by molar-refractivity contribution is -0.139. The molecule has 0 saturated carbocycles. The fraction of sp³-hybridized carbons (Fsp3) is 0.577. The molecule has 192 valence electrons. The van der Waals surface area contributed by atoms with E-state index >= 15 is 0 Å². The number of carbonyl (C=O) groups excluding carboxylic acids is 3. The number of rotatable bonds is 6. The van der Waals surface area contributed by atoms with E-state index in [2.05, 4.69) is 15.5 Å². The van der Waals surface area contributed by atoms with Gasteiger partial charge in [-0.2, -0.15) is 0 Å². The summed E-state index contributed by atoms with van der Waals surface area (Å²) in [5, 5.41) is 5.96. The fourth-order valence-corrected chi connectivity index (χ4v) is 4.72. The average Bonchev–Trinajstić information content (AvgIpc) is 2.78. The normalized spacial score (nSPS) is 21.3. The molecule has 4 amide bonds. The Hall–Kier alpha value is -3.07. The number of hydrogen-bond acceptors (Lipinski definition) is 5. The van der Waals surface area contributed by atoms with Gasteiger partial charge in [-0.05, 0) is 52.7 Å². The lowest BCUT2D eigenvalue weighted by atomic mass is 9.90. The first-order valence-electron chi connectivity index (χ1n) is 12.3. The van der Waals surface area contributed by atoms with Gasteiger partial charge in [0.2, 0.25) is 0 Å². The van der Waals surface area contributed by atoms with Gasteiger partial charge in [-0.3, -0.25) is 9.80 Å². The van der Waals surface area contributed by atoms with Crippen LogP contribution in [-0.2, 0) is 9.53 Å². The maximum absolute atomic E-state index is 13.3.